The van der Waals surface area contributed by atoms with Crippen LogP contribution in [-0.4, -0.2) is 41.6 Å². The standard InChI is InChI=1S/C21H27N3O2S/c1-2-15-5-6-16(22-10-15)12-24-8-7-18-19(14-27-20(18)13-24)21(25)23-11-17-4-3-9-26-17/h5-6,10,14,17H,2-4,7-9,11-13H2,1H3,(H,23,25)/t17-/m1/s1. The van der Waals surface area contributed by atoms with Crippen LogP contribution in [0.15, 0.2) is 23.7 Å². The first-order chi connectivity index (χ1) is 13.2. The van der Waals surface area contributed by atoms with E-state index in [1.807, 2.05) is 11.6 Å². The van der Waals surface area contributed by atoms with Crippen molar-refractivity contribution in [3.05, 3.63) is 51.0 Å². The van der Waals surface area contributed by atoms with Crippen LogP contribution in [0, 0.1) is 0 Å². The fraction of sp³-hybridized carbons (Fsp3) is 0.524. The third kappa shape index (κ3) is 4.39. The van der Waals surface area contributed by atoms with Crippen molar-refractivity contribution >= 4 is 17.2 Å². The molecule has 0 aliphatic carbocycles. The van der Waals surface area contributed by atoms with E-state index in [9.17, 15) is 4.79 Å². The molecule has 2 aromatic rings. The number of amides is 1. The van der Waals surface area contributed by atoms with Crippen molar-refractivity contribution < 1.29 is 9.53 Å². The summed E-state index contributed by atoms with van der Waals surface area (Å²) in [5.74, 6) is 0.0493. The van der Waals surface area contributed by atoms with Crippen molar-refractivity contribution in [1.82, 2.24) is 15.2 Å². The van der Waals surface area contributed by atoms with Gasteiger partial charge in [0.2, 0.25) is 0 Å². The molecule has 27 heavy (non-hydrogen) atoms. The van der Waals surface area contributed by atoms with Crippen LogP contribution in [0.25, 0.3) is 0 Å². The highest BCUT2D eigenvalue weighted by Crippen LogP contribution is 2.29. The minimum absolute atomic E-state index is 0.0493. The van der Waals surface area contributed by atoms with Gasteiger partial charge in [-0.3, -0.25) is 14.7 Å². The molecule has 144 valence electrons. The third-order valence-corrected chi connectivity index (χ3v) is 6.48. The van der Waals surface area contributed by atoms with Gasteiger partial charge in [0.15, 0.2) is 0 Å². The molecule has 1 fully saturated rings. The van der Waals surface area contributed by atoms with Crippen molar-refractivity contribution in [2.45, 2.75) is 51.8 Å². The number of aromatic nitrogens is 1. The molecule has 0 saturated carbocycles. The second-order valence-electron chi connectivity index (χ2n) is 7.37. The van der Waals surface area contributed by atoms with Crippen molar-refractivity contribution in [2.24, 2.45) is 0 Å². The third-order valence-electron chi connectivity index (χ3n) is 5.46. The lowest BCUT2D eigenvalue weighted by atomic mass is 10.0. The number of carbonyl (C=O) groups excluding carboxylic acids is 1. The minimum Gasteiger partial charge on any atom is -0.376 e. The van der Waals surface area contributed by atoms with E-state index >= 15 is 0 Å². The highest BCUT2D eigenvalue weighted by molar-refractivity contribution is 7.10. The summed E-state index contributed by atoms with van der Waals surface area (Å²) in [7, 11) is 0. The molecule has 6 heteroatoms. The summed E-state index contributed by atoms with van der Waals surface area (Å²) in [5, 5.41) is 5.08. The number of nitrogens with zero attached hydrogens (tertiary/aromatic N) is 2. The molecule has 0 aromatic carbocycles. The largest absolute Gasteiger partial charge is 0.376 e. The molecule has 4 heterocycles. The van der Waals surface area contributed by atoms with Gasteiger partial charge in [0.25, 0.3) is 5.91 Å². The van der Waals surface area contributed by atoms with Gasteiger partial charge >= 0.3 is 0 Å². The van der Waals surface area contributed by atoms with Crippen LogP contribution >= 0.6 is 11.3 Å². The number of fused-ring (bicyclic) bond motifs is 1. The Morgan fingerprint density at radius 2 is 2.37 bits per heavy atom. The number of hydrogen-bond acceptors (Lipinski definition) is 5. The Balaban J connectivity index is 1.35. The molecule has 2 aliphatic heterocycles. The molecule has 0 spiro atoms. The summed E-state index contributed by atoms with van der Waals surface area (Å²) in [6.07, 6.45) is 6.25. The van der Waals surface area contributed by atoms with Gasteiger partial charge in [0.1, 0.15) is 0 Å². The summed E-state index contributed by atoms with van der Waals surface area (Å²) < 4.78 is 5.59. The van der Waals surface area contributed by atoms with E-state index in [1.165, 1.54) is 16.0 Å². The second kappa shape index (κ2) is 8.50. The summed E-state index contributed by atoms with van der Waals surface area (Å²) in [4.78, 5) is 20.9. The average Bonchev–Trinajstić information content (AvgIpc) is 3.36. The predicted molar refractivity (Wildman–Crippen MR) is 107 cm³/mol. The molecule has 4 rings (SSSR count). The van der Waals surface area contributed by atoms with Crippen LogP contribution in [0.3, 0.4) is 0 Å². The van der Waals surface area contributed by atoms with Gasteiger partial charge in [-0.25, -0.2) is 0 Å². The van der Waals surface area contributed by atoms with Crippen molar-refractivity contribution in [2.75, 3.05) is 19.7 Å². The first-order valence-corrected chi connectivity index (χ1v) is 10.8. The molecular weight excluding hydrogens is 358 g/mol. The van der Waals surface area contributed by atoms with E-state index in [4.69, 9.17) is 4.74 Å². The quantitative estimate of drug-likeness (QED) is 0.830. The second-order valence-corrected chi connectivity index (χ2v) is 8.33. The zero-order chi connectivity index (χ0) is 18.6. The molecule has 0 bridgehead atoms. The summed E-state index contributed by atoms with van der Waals surface area (Å²) in [6, 6.07) is 4.30. The molecule has 1 amide bonds. The van der Waals surface area contributed by atoms with Gasteiger partial charge in [-0.2, -0.15) is 0 Å². The van der Waals surface area contributed by atoms with Gasteiger partial charge in [-0.1, -0.05) is 13.0 Å². The molecule has 0 unspecified atom stereocenters. The number of thiophene rings is 1. The molecule has 2 aliphatic rings. The zero-order valence-electron chi connectivity index (χ0n) is 15.9. The fourth-order valence-corrected chi connectivity index (χ4v) is 4.92. The van der Waals surface area contributed by atoms with E-state index in [2.05, 4.69) is 34.3 Å². The van der Waals surface area contributed by atoms with Crippen LogP contribution < -0.4 is 5.32 Å². The Hall–Kier alpha value is -1.76. The Labute approximate surface area is 164 Å². The normalized spacial score (nSPS) is 19.8. The van der Waals surface area contributed by atoms with Crippen molar-refractivity contribution in [3.8, 4) is 0 Å². The highest BCUT2D eigenvalue weighted by Gasteiger charge is 2.25. The van der Waals surface area contributed by atoms with Gasteiger partial charge in [0, 0.05) is 49.2 Å². The summed E-state index contributed by atoms with van der Waals surface area (Å²) in [6.45, 7) is 6.31. The zero-order valence-corrected chi connectivity index (χ0v) is 16.7. The molecule has 1 atom stereocenters. The molecule has 0 radical (unpaired) electrons. The van der Waals surface area contributed by atoms with E-state index in [1.54, 1.807) is 11.3 Å². The lowest BCUT2D eigenvalue weighted by Crippen LogP contribution is -2.34. The average molecular weight is 386 g/mol. The van der Waals surface area contributed by atoms with Crippen molar-refractivity contribution in [3.63, 3.8) is 0 Å². The monoisotopic (exact) mass is 385 g/mol. The fourth-order valence-electron chi connectivity index (χ4n) is 3.80. The molecule has 1 saturated heterocycles. The first-order valence-electron chi connectivity index (χ1n) is 9.88. The molecular formula is C21H27N3O2S. The maximum absolute atomic E-state index is 12.6. The van der Waals surface area contributed by atoms with E-state index in [0.29, 0.717) is 6.54 Å². The lowest BCUT2D eigenvalue weighted by molar-refractivity contribution is 0.0856. The maximum Gasteiger partial charge on any atom is 0.252 e. The number of carbonyl (C=O) groups is 1. The maximum atomic E-state index is 12.6. The van der Waals surface area contributed by atoms with Crippen LogP contribution in [0.4, 0.5) is 0 Å². The van der Waals surface area contributed by atoms with Crippen molar-refractivity contribution in [1.29, 1.82) is 0 Å². The number of hydrogen-bond donors (Lipinski definition) is 1. The lowest BCUT2D eigenvalue weighted by Gasteiger charge is -2.27. The predicted octanol–water partition coefficient (Wildman–Crippen LogP) is 3.17. The topological polar surface area (TPSA) is 54.5 Å². The van der Waals surface area contributed by atoms with Gasteiger partial charge in [-0.05, 0) is 42.9 Å². The highest BCUT2D eigenvalue weighted by atomic mass is 32.1. The molecule has 2 aromatic heterocycles. The molecule has 1 N–H and O–H groups in total. The number of ether oxygens (including phenoxy) is 1. The smallest absolute Gasteiger partial charge is 0.252 e. The summed E-state index contributed by atoms with van der Waals surface area (Å²) >= 11 is 1.70. The van der Waals surface area contributed by atoms with Crippen LogP contribution in [-0.2, 0) is 30.7 Å². The van der Waals surface area contributed by atoms with E-state index < -0.39 is 0 Å². The number of rotatable bonds is 6. The number of aryl methyl sites for hydroxylation is 1. The van der Waals surface area contributed by atoms with Crippen LogP contribution in [0.5, 0.6) is 0 Å². The van der Waals surface area contributed by atoms with E-state index in [-0.39, 0.29) is 12.0 Å². The Morgan fingerprint density at radius 1 is 1.44 bits per heavy atom. The molecule has 5 nitrogen and oxygen atoms in total. The van der Waals surface area contributed by atoms with Crippen LogP contribution in [0.2, 0.25) is 0 Å². The van der Waals surface area contributed by atoms with E-state index in [0.717, 1.165) is 63.2 Å². The number of pyridine rings is 1. The van der Waals surface area contributed by atoms with Gasteiger partial charge < -0.3 is 10.1 Å². The first kappa shape index (κ1) is 18.6. The van der Waals surface area contributed by atoms with Crippen LogP contribution in [0.1, 0.15) is 51.8 Å². The number of nitrogens with one attached hydrogen (secondary N) is 1. The van der Waals surface area contributed by atoms with Gasteiger partial charge in [0.05, 0.1) is 17.4 Å². The van der Waals surface area contributed by atoms with Gasteiger partial charge in [-0.15, -0.1) is 11.3 Å². The Kier molecular flexibility index (Phi) is 5.86. The Morgan fingerprint density at radius 3 is 3.11 bits per heavy atom. The SMILES string of the molecule is CCc1ccc(CN2CCc3c(C(=O)NC[C@H]4CCCO4)csc3C2)nc1. The summed E-state index contributed by atoms with van der Waals surface area (Å²) in [5.41, 5.74) is 4.48. The Bertz CT molecular complexity index is 781. The minimum atomic E-state index is 0.0493.